The van der Waals surface area contributed by atoms with Crippen LogP contribution in [0.4, 0.5) is 0 Å². The Morgan fingerprint density at radius 3 is 2.44 bits per heavy atom. The summed E-state index contributed by atoms with van der Waals surface area (Å²) in [4.78, 5) is 16.8. The van der Waals surface area contributed by atoms with Crippen LogP contribution in [0.3, 0.4) is 0 Å². The Labute approximate surface area is 51.3 Å². The van der Waals surface area contributed by atoms with E-state index < -0.39 is 11.0 Å². The third-order valence-corrected chi connectivity index (χ3v) is 0.923. The number of hydrogen-bond acceptors (Lipinski definition) is 4. The molecule has 1 aliphatic heterocycles. The van der Waals surface area contributed by atoms with E-state index in [0.29, 0.717) is 6.67 Å². The lowest BCUT2D eigenvalue weighted by molar-refractivity contribution is -0.482. The second kappa shape index (κ2) is 2.34. The quantitative estimate of drug-likeness (QED) is 0.360. The molecule has 0 bridgehead atoms. The minimum Gasteiger partial charge on any atom is -0.267 e. The highest BCUT2D eigenvalue weighted by Crippen LogP contribution is 1.88. The summed E-state index contributed by atoms with van der Waals surface area (Å²) in [6, 6.07) is -0.807. The Morgan fingerprint density at radius 1 is 1.56 bits per heavy atom. The van der Waals surface area contributed by atoms with E-state index in [1.165, 1.54) is 12.4 Å². The molecule has 0 aliphatic carbocycles. The van der Waals surface area contributed by atoms with Crippen molar-refractivity contribution in [3.63, 3.8) is 0 Å². The number of hydrogen-bond donors (Lipinski definition) is 0. The van der Waals surface area contributed by atoms with Crippen molar-refractivity contribution in [2.45, 2.75) is 6.04 Å². The number of nitrogens with zero attached hydrogens (tertiary/aromatic N) is 3. The van der Waals surface area contributed by atoms with Crippen LogP contribution < -0.4 is 0 Å². The Bertz CT molecular complexity index is 163. The van der Waals surface area contributed by atoms with Gasteiger partial charge in [-0.25, -0.2) is 0 Å². The zero-order valence-electron chi connectivity index (χ0n) is 4.60. The molecular weight excluding hydrogens is 122 g/mol. The van der Waals surface area contributed by atoms with E-state index in [1.807, 2.05) is 0 Å². The second-order valence-corrected chi connectivity index (χ2v) is 1.58. The Morgan fingerprint density at radius 2 is 2.11 bits per heavy atom. The molecule has 0 atom stereocenters. The smallest absolute Gasteiger partial charge is 0.267 e. The van der Waals surface area contributed by atoms with Gasteiger partial charge in [-0.05, 0) is 0 Å². The van der Waals surface area contributed by atoms with Gasteiger partial charge in [0.1, 0.15) is 6.67 Å². The molecular formula is C4H5N3O2. The molecule has 0 aromatic rings. The first-order valence-corrected chi connectivity index (χ1v) is 2.44. The van der Waals surface area contributed by atoms with Crippen molar-refractivity contribution in [3.8, 4) is 0 Å². The fourth-order valence-corrected chi connectivity index (χ4v) is 0.505. The predicted molar refractivity (Wildman–Crippen MR) is 32.6 cm³/mol. The van der Waals surface area contributed by atoms with Crippen LogP contribution in [0.1, 0.15) is 0 Å². The minimum atomic E-state index is -0.807. The van der Waals surface area contributed by atoms with Crippen molar-refractivity contribution in [2.24, 2.45) is 9.98 Å². The molecule has 1 heterocycles. The van der Waals surface area contributed by atoms with Gasteiger partial charge in [0, 0.05) is 4.92 Å². The van der Waals surface area contributed by atoms with Gasteiger partial charge in [0.25, 0.3) is 6.04 Å². The van der Waals surface area contributed by atoms with E-state index in [0.717, 1.165) is 0 Å². The first-order valence-electron chi connectivity index (χ1n) is 2.44. The Kier molecular flexibility index (Phi) is 1.53. The highest BCUT2D eigenvalue weighted by atomic mass is 16.6. The maximum absolute atomic E-state index is 9.98. The van der Waals surface area contributed by atoms with E-state index in [9.17, 15) is 10.1 Å². The average molecular weight is 127 g/mol. The van der Waals surface area contributed by atoms with E-state index in [4.69, 9.17) is 0 Å². The van der Waals surface area contributed by atoms with Gasteiger partial charge < -0.3 is 0 Å². The summed E-state index contributed by atoms with van der Waals surface area (Å²) < 4.78 is 0. The van der Waals surface area contributed by atoms with Gasteiger partial charge in [0.2, 0.25) is 0 Å². The fraction of sp³-hybridized carbons (Fsp3) is 0.500. The lowest BCUT2D eigenvalue weighted by Gasteiger charge is -1.99. The standard InChI is InChI=1S/C4H5N3O2/c8-7(9)4-1-5-3-6-2-4/h1-2,4H,3H2. The van der Waals surface area contributed by atoms with Crippen LogP contribution in [0, 0.1) is 10.1 Å². The zero-order valence-corrected chi connectivity index (χ0v) is 4.60. The molecule has 0 fully saturated rings. The van der Waals surface area contributed by atoms with Crippen molar-refractivity contribution in [1.29, 1.82) is 0 Å². The molecule has 0 spiro atoms. The monoisotopic (exact) mass is 127 g/mol. The summed E-state index contributed by atoms with van der Waals surface area (Å²) in [6.07, 6.45) is 2.57. The van der Waals surface area contributed by atoms with Crippen LogP contribution in [0.15, 0.2) is 9.98 Å². The Balaban J connectivity index is 2.60. The topological polar surface area (TPSA) is 67.9 Å². The highest BCUT2D eigenvalue weighted by molar-refractivity contribution is 5.87. The third-order valence-electron chi connectivity index (χ3n) is 0.923. The van der Waals surface area contributed by atoms with Crippen LogP contribution in [0.2, 0.25) is 0 Å². The van der Waals surface area contributed by atoms with Crippen LogP contribution in [0.5, 0.6) is 0 Å². The second-order valence-electron chi connectivity index (χ2n) is 1.58. The number of nitro groups is 1. The van der Waals surface area contributed by atoms with E-state index in [-0.39, 0.29) is 0 Å². The molecule has 0 N–H and O–H groups in total. The maximum atomic E-state index is 9.98. The molecule has 5 heteroatoms. The zero-order chi connectivity index (χ0) is 6.69. The molecule has 0 aromatic heterocycles. The molecule has 0 radical (unpaired) electrons. The maximum Gasteiger partial charge on any atom is 0.282 e. The van der Waals surface area contributed by atoms with E-state index >= 15 is 0 Å². The van der Waals surface area contributed by atoms with Gasteiger partial charge in [-0.15, -0.1) is 0 Å². The van der Waals surface area contributed by atoms with Gasteiger partial charge in [-0.1, -0.05) is 0 Å². The molecule has 1 aliphatic rings. The fourth-order valence-electron chi connectivity index (χ4n) is 0.505. The summed E-state index contributed by atoms with van der Waals surface area (Å²) >= 11 is 0. The molecule has 0 unspecified atom stereocenters. The number of rotatable bonds is 1. The predicted octanol–water partition coefficient (Wildman–Crippen LogP) is -0.256. The summed E-state index contributed by atoms with van der Waals surface area (Å²) in [6.45, 7) is 0.324. The lowest BCUT2D eigenvalue weighted by atomic mass is 10.3. The van der Waals surface area contributed by atoms with Gasteiger partial charge in [0.05, 0.1) is 12.4 Å². The van der Waals surface area contributed by atoms with Crippen molar-refractivity contribution in [3.05, 3.63) is 10.1 Å². The van der Waals surface area contributed by atoms with E-state index in [2.05, 4.69) is 9.98 Å². The van der Waals surface area contributed by atoms with Gasteiger partial charge >= 0.3 is 0 Å². The van der Waals surface area contributed by atoms with Gasteiger partial charge in [-0.2, -0.15) is 0 Å². The number of aliphatic imine (C=N–C) groups is 2. The molecule has 0 amide bonds. The molecule has 0 aromatic carbocycles. The first kappa shape index (κ1) is 5.87. The minimum absolute atomic E-state index is 0.324. The van der Waals surface area contributed by atoms with Crippen LogP contribution >= 0.6 is 0 Å². The van der Waals surface area contributed by atoms with Crippen LogP contribution in [-0.2, 0) is 0 Å². The SMILES string of the molecule is O=[N+]([O-])C1C=NCN=C1. The molecule has 0 saturated carbocycles. The summed E-state index contributed by atoms with van der Waals surface area (Å²) in [5, 5.41) is 9.98. The van der Waals surface area contributed by atoms with Crippen LogP contribution in [-0.4, -0.2) is 30.1 Å². The van der Waals surface area contributed by atoms with E-state index in [1.54, 1.807) is 0 Å². The highest BCUT2D eigenvalue weighted by Gasteiger charge is 2.14. The Hall–Kier alpha value is -1.26. The van der Waals surface area contributed by atoms with Gasteiger partial charge in [-0.3, -0.25) is 20.1 Å². The third kappa shape index (κ3) is 1.31. The summed E-state index contributed by atoms with van der Waals surface area (Å²) in [7, 11) is 0. The van der Waals surface area contributed by atoms with Crippen LogP contribution in [0.25, 0.3) is 0 Å². The average Bonchev–Trinajstić information content (AvgIpc) is 1.90. The van der Waals surface area contributed by atoms with Crippen molar-refractivity contribution in [2.75, 3.05) is 6.67 Å². The molecule has 1 rings (SSSR count). The normalized spacial score (nSPS) is 18.2. The molecule has 48 valence electrons. The van der Waals surface area contributed by atoms with Gasteiger partial charge in [0.15, 0.2) is 0 Å². The first-order chi connectivity index (χ1) is 4.30. The van der Waals surface area contributed by atoms with Crippen molar-refractivity contribution >= 4 is 12.4 Å². The molecule has 0 saturated heterocycles. The summed E-state index contributed by atoms with van der Waals surface area (Å²) in [5.41, 5.74) is 0. The lowest BCUT2D eigenvalue weighted by Crippen LogP contribution is -2.24. The van der Waals surface area contributed by atoms with Crippen molar-refractivity contribution in [1.82, 2.24) is 0 Å². The molecule has 5 nitrogen and oxygen atoms in total. The summed E-state index contributed by atoms with van der Waals surface area (Å²) in [5.74, 6) is 0. The van der Waals surface area contributed by atoms with Crippen molar-refractivity contribution < 1.29 is 4.92 Å². The molecule has 9 heavy (non-hydrogen) atoms. The largest absolute Gasteiger partial charge is 0.282 e.